The Morgan fingerprint density at radius 1 is 1.25 bits per heavy atom. The van der Waals surface area contributed by atoms with Crippen molar-refractivity contribution in [2.75, 3.05) is 0 Å². The molecule has 0 saturated heterocycles. The number of aryl methyl sites for hydroxylation is 1. The van der Waals surface area contributed by atoms with E-state index in [1.165, 1.54) is 11.1 Å². The summed E-state index contributed by atoms with van der Waals surface area (Å²) in [7, 11) is 0. The van der Waals surface area contributed by atoms with Gasteiger partial charge in [0.1, 0.15) is 11.4 Å². The number of aldehydes is 1. The van der Waals surface area contributed by atoms with Crippen LogP contribution in [0.1, 0.15) is 56.1 Å². The van der Waals surface area contributed by atoms with Crippen molar-refractivity contribution in [1.82, 2.24) is 0 Å². The maximum atomic E-state index is 11.1. The summed E-state index contributed by atoms with van der Waals surface area (Å²) in [5.74, 6) is 7.24. The minimum atomic E-state index is -1.03. The first kappa shape index (κ1) is 15.7. The van der Waals surface area contributed by atoms with Gasteiger partial charge in [-0.1, -0.05) is 18.9 Å². The summed E-state index contributed by atoms with van der Waals surface area (Å²) < 4.78 is 0. The Morgan fingerprint density at radius 3 is 2.88 bits per heavy atom. The van der Waals surface area contributed by atoms with E-state index in [4.69, 9.17) is 0 Å². The van der Waals surface area contributed by atoms with E-state index in [2.05, 4.69) is 24.8 Å². The molecule has 0 aliphatic heterocycles. The van der Waals surface area contributed by atoms with Crippen LogP contribution in [0.4, 0.5) is 0 Å². The summed E-state index contributed by atoms with van der Waals surface area (Å²) in [6, 6.07) is 5.81. The summed E-state index contributed by atoms with van der Waals surface area (Å²) in [4.78, 5) is 10.7. The van der Waals surface area contributed by atoms with Gasteiger partial charge in [-0.2, -0.15) is 0 Å². The van der Waals surface area contributed by atoms with Gasteiger partial charge in [-0.05, 0) is 85.5 Å². The number of benzene rings is 1. The number of fused-ring (bicyclic) bond motifs is 5. The fraction of sp³-hybridized carbons (Fsp3) is 0.571. The van der Waals surface area contributed by atoms with Crippen LogP contribution in [0.15, 0.2) is 18.2 Å². The molecular formula is C21H24O3. The fourth-order valence-corrected chi connectivity index (χ4v) is 5.94. The second kappa shape index (κ2) is 5.36. The van der Waals surface area contributed by atoms with Crippen molar-refractivity contribution >= 4 is 6.29 Å². The lowest BCUT2D eigenvalue weighted by atomic mass is 9.53. The van der Waals surface area contributed by atoms with E-state index in [0.29, 0.717) is 36.2 Å². The Bertz CT molecular complexity index is 743. The Hall–Kier alpha value is -1.79. The molecule has 0 amide bonds. The summed E-state index contributed by atoms with van der Waals surface area (Å²) in [5, 5.41) is 20.9. The molecule has 1 aromatic carbocycles. The predicted octanol–water partition coefficient (Wildman–Crippen LogP) is 3.18. The molecule has 3 aliphatic rings. The van der Waals surface area contributed by atoms with E-state index >= 15 is 0 Å². The van der Waals surface area contributed by atoms with E-state index in [1.807, 2.05) is 6.07 Å². The van der Waals surface area contributed by atoms with Crippen LogP contribution in [0, 0.1) is 29.1 Å². The molecule has 0 aromatic heterocycles. The average molecular weight is 324 g/mol. The van der Waals surface area contributed by atoms with Crippen molar-refractivity contribution in [3.63, 3.8) is 0 Å². The van der Waals surface area contributed by atoms with Gasteiger partial charge >= 0.3 is 0 Å². The summed E-state index contributed by atoms with van der Waals surface area (Å²) in [5.41, 5.74) is 1.42. The standard InChI is InChI=1S/C21H24O3/c1-20-10-7-17-16-6-4-15(23)13-14(16)3-5-18(17)19(20)8-11-21(20,24)9-2-12-22/h4,6,12-13,17-19,23-24H,3,5,7-8,10-11H2,1H3/t17-,18-,19+,20+,21+/m1/s1. The third-order valence-corrected chi connectivity index (χ3v) is 7.20. The molecule has 0 unspecified atom stereocenters. The molecule has 3 nitrogen and oxygen atoms in total. The molecule has 2 N–H and O–H groups in total. The molecule has 2 fully saturated rings. The molecule has 1 aromatic rings. The molecular weight excluding hydrogens is 300 g/mol. The molecule has 126 valence electrons. The Labute approximate surface area is 143 Å². The quantitative estimate of drug-likeness (QED) is 0.569. The summed E-state index contributed by atoms with van der Waals surface area (Å²) >= 11 is 0. The zero-order valence-corrected chi connectivity index (χ0v) is 14.1. The molecule has 0 heterocycles. The number of aromatic hydroxyl groups is 1. The molecule has 3 aliphatic carbocycles. The second-order valence-electron chi connectivity index (χ2n) is 8.04. The third kappa shape index (κ3) is 2.06. The monoisotopic (exact) mass is 324 g/mol. The van der Waals surface area contributed by atoms with Crippen molar-refractivity contribution in [1.29, 1.82) is 0 Å². The van der Waals surface area contributed by atoms with Crippen LogP contribution in [0.5, 0.6) is 5.75 Å². The van der Waals surface area contributed by atoms with Crippen LogP contribution in [-0.2, 0) is 11.2 Å². The SMILES string of the molecule is C[C@]12CC[C@@H]3c4ccc(O)cc4CC[C@H]3[C@@H]1CC[C@@]2(O)C#CC=O. The summed E-state index contributed by atoms with van der Waals surface area (Å²) in [6.45, 7) is 2.17. The Morgan fingerprint density at radius 2 is 2.08 bits per heavy atom. The first-order valence-corrected chi connectivity index (χ1v) is 8.99. The van der Waals surface area contributed by atoms with E-state index in [-0.39, 0.29) is 5.41 Å². The number of aliphatic hydroxyl groups is 1. The van der Waals surface area contributed by atoms with Crippen LogP contribution in [-0.4, -0.2) is 22.1 Å². The Balaban J connectivity index is 1.69. The zero-order chi connectivity index (χ0) is 16.9. The molecule has 5 atom stereocenters. The second-order valence-corrected chi connectivity index (χ2v) is 8.04. The van der Waals surface area contributed by atoms with Crippen molar-refractivity contribution in [2.45, 2.75) is 57.0 Å². The van der Waals surface area contributed by atoms with Crippen molar-refractivity contribution < 1.29 is 15.0 Å². The lowest BCUT2D eigenvalue weighted by molar-refractivity contribution is -0.103. The van der Waals surface area contributed by atoms with E-state index in [9.17, 15) is 15.0 Å². The van der Waals surface area contributed by atoms with Gasteiger partial charge in [0.05, 0.1) is 0 Å². The summed E-state index contributed by atoms with van der Waals surface area (Å²) in [6.07, 6.45) is 6.32. The van der Waals surface area contributed by atoms with Crippen molar-refractivity contribution in [2.24, 2.45) is 17.3 Å². The van der Waals surface area contributed by atoms with Crippen LogP contribution in [0.25, 0.3) is 0 Å². The molecule has 4 rings (SSSR count). The van der Waals surface area contributed by atoms with Crippen LogP contribution in [0.2, 0.25) is 0 Å². The third-order valence-electron chi connectivity index (χ3n) is 7.20. The number of rotatable bonds is 0. The number of hydrogen-bond donors (Lipinski definition) is 2. The van der Waals surface area contributed by atoms with Gasteiger partial charge in [0.25, 0.3) is 0 Å². The van der Waals surface area contributed by atoms with Crippen molar-refractivity contribution in [3.8, 4) is 17.6 Å². The first-order valence-electron chi connectivity index (χ1n) is 8.99. The molecule has 0 spiro atoms. The van der Waals surface area contributed by atoms with E-state index in [1.54, 1.807) is 6.07 Å². The number of hydrogen-bond acceptors (Lipinski definition) is 3. The highest BCUT2D eigenvalue weighted by Gasteiger charge is 2.61. The average Bonchev–Trinajstić information content (AvgIpc) is 2.84. The molecule has 24 heavy (non-hydrogen) atoms. The highest BCUT2D eigenvalue weighted by atomic mass is 16.3. The smallest absolute Gasteiger partial charge is 0.192 e. The number of phenolic OH excluding ortho intramolecular Hbond substituents is 1. The van der Waals surface area contributed by atoms with E-state index < -0.39 is 5.60 Å². The van der Waals surface area contributed by atoms with E-state index in [0.717, 1.165) is 32.1 Å². The lowest BCUT2D eigenvalue weighted by Crippen LogP contribution is -2.50. The normalized spacial score (nSPS) is 39.8. The highest BCUT2D eigenvalue weighted by molar-refractivity contribution is 5.73. The first-order chi connectivity index (χ1) is 11.5. The topological polar surface area (TPSA) is 57.5 Å². The predicted molar refractivity (Wildman–Crippen MR) is 91.5 cm³/mol. The molecule has 0 radical (unpaired) electrons. The zero-order valence-electron chi connectivity index (χ0n) is 14.1. The maximum Gasteiger partial charge on any atom is 0.192 e. The minimum Gasteiger partial charge on any atom is -0.508 e. The number of carbonyl (C=O) groups is 1. The van der Waals surface area contributed by atoms with Crippen LogP contribution in [0.3, 0.4) is 0 Å². The number of carbonyl (C=O) groups excluding carboxylic acids is 1. The van der Waals surface area contributed by atoms with Gasteiger partial charge in [-0.15, -0.1) is 0 Å². The van der Waals surface area contributed by atoms with Gasteiger partial charge in [-0.3, -0.25) is 4.79 Å². The highest BCUT2D eigenvalue weighted by Crippen LogP contribution is 2.64. The van der Waals surface area contributed by atoms with Gasteiger partial charge in [0.15, 0.2) is 6.29 Å². The molecule has 0 bridgehead atoms. The van der Waals surface area contributed by atoms with Gasteiger partial charge in [-0.25, -0.2) is 0 Å². The number of phenols is 1. The molecule has 3 heteroatoms. The largest absolute Gasteiger partial charge is 0.508 e. The lowest BCUT2D eigenvalue weighted by Gasteiger charge is -2.52. The Kier molecular flexibility index (Phi) is 3.51. The van der Waals surface area contributed by atoms with Crippen molar-refractivity contribution in [3.05, 3.63) is 29.3 Å². The van der Waals surface area contributed by atoms with Gasteiger partial charge < -0.3 is 10.2 Å². The van der Waals surface area contributed by atoms with Crippen LogP contribution < -0.4 is 0 Å². The molecule has 2 saturated carbocycles. The fourth-order valence-electron chi connectivity index (χ4n) is 5.94. The van der Waals surface area contributed by atoms with Gasteiger partial charge in [0.2, 0.25) is 0 Å². The maximum absolute atomic E-state index is 11.1. The van der Waals surface area contributed by atoms with Crippen LogP contribution >= 0.6 is 0 Å². The minimum absolute atomic E-state index is 0.224. The van der Waals surface area contributed by atoms with Gasteiger partial charge in [0, 0.05) is 5.41 Å².